The zero-order chi connectivity index (χ0) is 20.7. The summed E-state index contributed by atoms with van der Waals surface area (Å²) in [6, 6.07) is 13.1. The third-order valence-electron chi connectivity index (χ3n) is 4.57. The third kappa shape index (κ3) is 3.44. The minimum Gasteiger partial charge on any atom is -0.496 e. The second kappa shape index (κ2) is 7.55. The van der Waals surface area contributed by atoms with Gasteiger partial charge in [-0.3, -0.25) is 0 Å². The molecule has 7 nitrogen and oxygen atoms in total. The first-order valence-corrected chi connectivity index (χ1v) is 10.2. The summed E-state index contributed by atoms with van der Waals surface area (Å²) < 4.78 is 24.4. The number of fused-ring (bicyclic) bond motifs is 2. The highest BCUT2D eigenvalue weighted by molar-refractivity contribution is 7.18. The molecule has 0 fully saturated rings. The fraction of sp³-hybridized carbons (Fsp3) is 0.143. The van der Waals surface area contributed by atoms with Gasteiger partial charge in [-0.1, -0.05) is 23.7 Å². The molecule has 0 saturated heterocycles. The van der Waals surface area contributed by atoms with Crippen molar-refractivity contribution in [2.45, 2.75) is 6.61 Å². The van der Waals surface area contributed by atoms with E-state index < -0.39 is 0 Å². The Morgan fingerprint density at radius 1 is 1.10 bits per heavy atom. The van der Waals surface area contributed by atoms with Gasteiger partial charge in [0.1, 0.15) is 29.4 Å². The fourth-order valence-corrected chi connectivity index (χ4v) is 3.90. The first-order valence-electron chi connectivity index (χ1n) is 9.02. The van der Waals surface area contributed by atoms with Crippen molar-refractivity contribution in [2.24, 2.45) is 0 Å². The van der Waals surface area contributed by atoms with Crippen LogP contribution in [0, 0.1) is 0 Å². The van der Waals surface area contributed by atoms with Gasteiger partial charge in [-0.2, -0.15) is 0 Å². The average molecular weight is 442 g/mol. The molecule has 0 amide bonds. The van der Waals surface area contributed by atoms with E-state index in [1.54, 1.807) is 24.9 Å². The van der Waals surface area contributed by atoms with E-state index in [1.165, 1.54) is 11.3 Å². The SMILES string of the molecule is COc1cc(OCc2ccc(Cl)cc2)c2cc(-c3cn4nc(OC)sc4n3)oc2c1. The highest BCUT2D eigenvalue weighted by Gasteiger charge is 2.17. The van der Waals surface area contributed by atoms with Gasteiger partial charge in [0.25, 0.3) is 5.19 Å². The molecule has 152 valence electrons. The standard InChI is InChI=1S/C21H16ClN3O4S/c1-26-14-7-17(28-11-12-3-5-13(22)6-4-12)15-9-19(29-18(15)8-14)16-10-25-20(23-16)30-21(24-25)27-2/h3-10H,11H2,1-2H3. The van der Waals surface area contributed by atoms with Crippen molar-refractivity contribution in [3.8, 4) is 28.1 Å². The molecule has 0 saturated carbocycles. The summed E-state index contributed by atoms with van der Waals surface area (Å²) in [6.07, 6.45) is 1.80. The Kier molecular flexibility index (Phi) is 4.72. The number of hydrogen-bond donors (Lipinski definition) is 0. The van der Waals surface area contributed by atoms with Gasteiger partial charge < -0.3 is 18.6 Å². The molecular formula is C21H16ClN3O4S. The monoisotopic (exact) mass is 441 g/mol. The number of hydrogen-bond acceptors (Lipinski definition) is 7. The average Bonchev–Trinajstić information content (AvgIpc) is 3.45. The molecule has 0 aliphatic carbocycles. The van der Waals surface area contributed by atoms with Crippen LogP contribution in [0.1, 0.15) is 5.56 Å². The second-order valence-corrected chi connectivity index (χ2v) is 7.84. The van der Waals surface area contributed by atoms with Crippen molar-refractivity contribution in [3.63, 3.8) is 0 Å². The molecule has 2 aromatic carbocycles. The molecular weight excluding hydrogens is 426 g/mol. The Labute approximate surface area is 180 Å². The van der Waals surface area contributed by atoms with Crippen molar-refractivity contribution in [2.75, 3.05) is 14.2 Å². The number of benzene rings is 2. The summed E-state index contributed by atoms with van der Waals surface area (Å²) >= 11 is 7.32. The maximum atomic E-state index is 6.08. The van der Waals surface area contributed by atoms with Crippen LogP contribution in [-0.4, -0.2) is 28.8 Å². The Bertz CT molecular complexity index is 1310. The lowest BCUT2D eigenvalue weighted by Crippen LogP contribution is -1.96. The molecule has 5 aromatic rings. The molecule has 3 heterocycles. The first kappa shape index (κ1) is 18.8. The molecule has 0 unspecified atom stereocenters. The van der Waals surface area contributed by atoms with Crippen LogP contribution in [0.4, 0.5) is 0 Å². The lowest BCUT2D eigenvalue weighted by molar-refractivity contribution is 0.307. The molecule has 0 atom stereocenters. The van der Waals surface area contributed by atoms with Gasteiger partial charge in [0.05, 0.1) is 25.8 Å². The van der Waals surface area contributed by atoms with Crippen LogP contribution in [0.15, 0.2) is 53.1 Å². The number of ether oxygens (including phenoxy) is 3. The largest absolute Gasteiger partial charge is 0.496 e. The molecule has 3 aromatic heterocycles. The van der Waals surface area contributed by atoms with Crippen molar-refractivity contribution < 1.29 is 18.6 Å². The molecule has 0 bridgehead atoms. The minimum absolute atomic E-state index is 0.393. The van der Waals surface area contributed by atoms with E-state index in [2.05, 4.69) is 10.1 Å². The Morgan fingerprint density at radius 2 is 1.93 bits per heavy atom. The topological polar surface area (TPSA) is 71.0 Å². The summed E-state index contributed by atoms with van der Waals surface area (Å²) in [4.78, 5) is 5.30. The number of furan rings is 1. The lowest BCUT2D eigenvalue weighted by atomic mass is 10.2. The van der Waals surface area contributed by atoms with E-state index in [9.17, 15) is 0 Å². The van der Waals surface area contributed by atoms with Crippen LogP contribution in [-0.2, 0) is 6.61 Å². The predicted octanol–water partition coefficient (Wildman–Crippen LogP) is 5.45. The highest BCUT2D eigenvalue weighted by Crippen LogP contribution is 2.37. The van der Waals surface area contributed by atoms with Crippen LogP contribution >= 0.6 is 22.9 Å². The Morgan fingerprint density at radius 3 is 2.67 bits per heavy atom. The van der Waals surface area contributed by atoms with E-state index in [4.69, 9.17) is 30.2 Å². The van der Waals surface area contributed by atoms with Gasteiger partial charge in [-0.25, -0.2) is 9.50 Å². The minimum atomic E-state index is 0.393. The first-order chi connectivity index (χ1) is 14.6. The van der Waals surface area contributed by atoms with Crippen molar-refractivity contribution in [3.05, 3.63) is 59.2 Å². The van der Waals surface area contributed by atoms with E-state index in [1.807, 2.05) is 42.5 Å². The molecule has 9 heteroatoms. The normalized spacial score (nSPS) is 11.3. The van der Waals surface area contributed by atoms with Crippen molar-refractivity contribution in [1.29, 1.82) is 0 Å². The Balaban J connectivity index is 1.50. The molecule has 0 N–H and O–H groups in total. The number of methoxy groups -OCH3 is 2. The molecule has 0 radical (unpaired) electrons. The third-order valence-corrected chi connectivity index (χ3v) is 5.70. The van der Waals surface area contributed by atoms with Crippen LogP contribution in [0.25, 0.3) is 27.4 Å². The van der Waals surface area contributed by atoms with E-state index in [-0.39, 0.29) is 0 Å². The zero-order valence-corrected chi connectivity index (χ0v) is 17.7. The molecule has 0 aliphatic heterocycles. The van der Waals surface area contributed by atoms with Gasteiger partial charge >= 0.3 is 0 Å². The van der Waals surface area contributed by atoms with Crippen molar-refractivity contribution >= 4 is 38.9 Å². The van der Waals surface area contributed by atoms with Crippen LogP contribution < -0.4 is 14.2 Å². The van der Waals surface area contributed by atoms with E-state index in [0.29, 0.717) is 45.4 Å². The number of halogens is 1. The number of rotatable bonds is 6. The highest BCUT2D eigenvalue weighted by atomic mass is 35.5. The number of nitrogens with zero attached hydrogens (tertiary/aromatic N) is 3. The van der Waals surface area contributed by atoms with E-state index in [0.717, 1.165) is 15.9 Å². The number of imidazole rings is 1. The molecule has 0 spiro atoms. The summed E-state index contributed by atoms with van der Waals surface area (Å²) in [5.74, 6) is 1.92. The van der Waals surface area contributed by atoms with Crippen LogP contribution in [0.2, 0.25) is 5.02 Å². The second-order valence-electron chi connectivity index (χ2n) is 6.49. The maximum Gasteiger partial charge on any atom is 0.294 e. The Hall–Kier alpha value is -3.23. The smallest absolute Gasteiger partial charge is 0.294 e. The van der Waals surface area contributed by atoms with E-state index >= 15 is 0 Å². The quantitative estimate of drug-likeness (QED) is 0.348. The van der Waals surface area contributed by atoms with Gasteiger partial charge in [0, 0.05) is 17.2 Å². The summed E-state index contributed by atoms with van der Waals surface area (Å²) in [5.41, 5.74) is 2.33. The lowest BCUT2D eigenvalue weighted by Gasteiger charge is -2.09. The summed E-state index contributed by atoms with van der Waals surface area (Å²) in [7, 11) is 3.19. The van der Waals surface area contributed by atoms with Gasteiger partial charge in [0.15, 0.2) is 5.76 Å². The molecule has 30 heavy (non-hydrogen) atoms. The molecule has 0 aliphatic rings. The summed E-state index contributed by atoms with van der Waals surface area (Å²) in [6.45, 7) is 0.393. The zero-order valence-electron chi connectivity index (χ0n) is 16.1. The van der Waals surface area contributed by atoms with Gasteiger partial charge in [-0.05, 0) is 35.1 Å². The molecule has 5 rings (SSSR count). The maximum absolute atomic E-state index is 6.08. The predicted molar refractivity (Wildman–Crippen MR) is 115 cm³/mol. The van der Waals surface area contributed by atoms with Crippen LogP contribution in [0.3, 0.4) is 0 Å². The van der Waals surface area contributed by atoms with Crippen molar-refractivity contribution in [1.82, 2.24) is 14.6 Å². The van der Waals surface area contributed by atoms with Crippen LogP contribution in [0.5, 0.6) is 16.7 Å². The summed E-state index contributed by atoms with van der Waals surface area (Å²) in [5, 5.41) is 6.38. The van der Waals surface area contributed by atoms with Gasteiger partial charge in [0.2, 0.25) is 4.96 Å². The van der Waals surface area contributed by atoms with Gasteiger partial charge in [-0.15, -0.1) is 5.10 Å². The number of aromatic nitrogens is 3. The fourth-order valence-electron chi connectivity index (χ4n) is 3.07.